The van der Waals surface area contributed by atoms with Gasteiger partial charge in [-0.25, -0.2) is 0 Å². The molecule has 0 aromatic rings. The number of amides is 3. The molecule has 0 bridgehead atoms. The van der Waals surface area contributed by atoms with E-state index >= 15 is 0 Å². The van der Waals surface area contributed by atoms with Crippen molar-refractivity contribution in [3.63, 3.8) is 0 Å². The van der Waals surface area contributed by atoms with Crippen molar-refractivity contribution in [1.82, 2.24) is 11.5 Å². The van der Waals surface area contributed by atoms with E-state index in [1.165, 1.54) is 27.4 Å². The number of nitrogens with one attached hydrogen (secondary N) is 1. The van der Waals surface area contributed by atoms with Crippen LogP contribution in [0.2, 0.25) is 0 Å². The first kappa shape index (κ1) is 19.5. The van der Waals surface area contributed by atoms with E-state index in [2.05, 4.69) is 10.1 Å². The van der Waals surface area contributed by atoms with Crippen LogP contribution in [-0.4, -0.2) is 63.0 Å². The van der Waals surface area contributed by atoms with Gasteiger partial charge in [0.25, 0.3) is 0 Å². The topological polar surface area (TPSA) is 105 Å². The number of esters is 1. The Kier molecular flexibility index (Phi) is 7.03. The second kappa shape index (κ2) is 8.31. The summed E-state index contributed by atoms with van der Waals surface area (Å²) in [7, 11) is 2.43. The fourth-order valence-corrected chi connectivity index (χ4v) is 4.54. The molecule has 1 N–H and O–H groups in total. The Bertz CT molecular complexity index is 498. The summed E-state index contributed by atoms with van der Waals surface area (Å²) in [6.45, 7) is 5.03. The number of carbonyl (C=O) groups excluding carboxylic acids is 4. The van der Waals surface area contributed by atoms with Gasteiger partial charge in [0.05, 0.1) is 0 Å². The van der Waals surface area contributed by atoms with E-state index in [4.69, 9.17) is 4.74 Å². The Balaban J connectivity index is 3.01. The standard InChI is InChI=1S/C13H21IN3O6/c1-7(2)10(15-13(21)23-5)11(19)17-9(12(20)22-4)6-16(14-17)8(3)18/h7,9-10H,6H2,1-5H3,(H,15,21)/q-1/t9-,10-/m0/s1. The summed E-state index contributed by atoms with van der Waals surface area (Å²) < 4.78 is 12.1. The van der Waals surface area contributed by atoms with E-state index in [9.17, 15) is 19.2 Å². The zero-order valence-corrected chi connectivity index (χ0v) is 15.8. The number of alkyl carbamates (subject to hydrolysis) is 1. The summed E-state index contributed by atoms with van der Waals surface area (Å²) in [5.74, 6) is -1.42. The molecule has 0 saturated carbocycles. The monoisotopic (exact) mass is 442 g/mol. The van der Waals surface area contributed by atoms with Gasteiger partial charge in [-0.1, -0.05) is 0 Å². The number of carbonyl (C=O) groups is 4. The van der Waals surface area contributed by atoms with E-state index in [0.29, 0.717) is 0 Å². The Morgan fingerprint density at radius 2 is 1.78 bits per heavy atom. The molecular formula is C13H21IN3O6-. The number of hydrogen-bond acceptors (Lipinski definition) is 6. The van der Waals surface area contributed by atoms with Crippen molar-refractivity contribution in [3.05, 3.63) is 0 Å². The molecule has 2 atom stereocenters. The molecule has 1 fully saturated rings. The maximum atomic E-state index is 12.8. The van der Waals surface area contributed by atoms with Crippen LogP contribution in [0.25, 0.3) is 0 Å². The molecule has 23 heavy (non-hydrogen) atoms. The molecular weight excluding hydrogens is 421 g/mol. The maximum absolute atomic E-state index is 12.8. The van der Waals surface area contributed by atoms with Crippen LogP contribution in [0.5, 0.6) is 0 Å². The van der Waals surface area contributed by atoms with Crippen LogP contribution >= 0.6 is 0 Å². The Hall–Kier alpha value is -1.59. The molecule has 0 aromatic carbocycles. The summed E-state index contributed by atoms with van der Waals surface area (Å²) >= 11 is -1.16. The Labute approximate surface area is 145 Å². The number of rotatable bonds is 4. The first-order valence-corrected chi connectivity index (χ1v) is 8.84. The average molecular weight is 442 g/mol. The van der Waals surface area contributed by atoms with Crippen molar-refractivity contribution >= 4 is 23.9 Å². The first-order valence-electron chi connectivity index (χ1n) is 6.91. The summed E-state index contributed by atoms with van der Waals surface area (Å²) in [5, 5.41) is 2.47. The first-order chi connectivity index (χ1) is 10.7. The van der Waals surface area contributed by atoms with Gasteiger partial charge in [-0.3, -0.25) is 0 Å². The number of nitrogens with zero attached hydrogens (tertiary/aromatic N) is 2. The van der Waals surface area contributed by atoms with Gasteiger partial charge in [-0.2, -0.15) is 0 Å². The predicted molar refractivity (Wildman–Crippen MR) is 74.2 cm³/mol. The molecule has 9 nitrogen and oxygen atoms in total. The fourth-order valence-electron chi connectivity index (χ4n) is 1.91. The second-order valence-corrected chi connectivity index (χ2v) is 7.82. The van der Waals surface area contributed by atoms with Crippen LogP contribution in [-0.2, 0) is 23.9 Å². The van der Waals surface area contributed by atoms with Gasteiger partial charge in [-0.05, 0) is 0 Å². The summed E-state index contributed by atoms with van der Waals surface area (Å²) in [6.07, 6.45) is -0.729. The van der Waals surface area contributed by atoms with E-state index in [1.807, 2.05) is 0 Å². The zero-order valence-electron chi connectivity index (χ0n) is 13.7. The molecule has 0 radical (unpaired) electrons. The number of hydrogen-bond donors (Lipinski definition) is 1. The minimum atomic E-state index is -1.16. The van der Waals surface area contributed by atoms with Gasteiger partial charge in [0.2, 0.25) is 0 Å². The second-order valence-electron chi connectivity index (χ2n) is 5.19. The number of halogens is 1. The Morgan fingerprint density at radius 1 is 1.17 bits per heavy atom. The van der Waals surface area contributed by atoms with Crippen molar-refractivity contribution in [2.45, 2.75) is 32.9 Å². The van der Waals surface area contributed by atoms with Gasteiger partial charge in [0, 0.05) is 0 Å². The summed E-state index contributed by atoms with van der Waals surface area (Å²) in [6, 6.07) is -1.69. The van der Waals surface area contributed by atoms with Crippen LogP contribution < -0.4 is 27.1 Å². The molecule has 0 aliphatic carbocycles. The molecule has 1 heterocycles. The van der Waals surface area contributed by atoms with Crippen LogP contribution in [0.3, 0.4) is 0 Å². The predicted octanol–water partition coefficient (Wildman–Crippen LogP) is -3.48. The third kappa shape index (κ3) is 4.69. The summed E-state index contributed by atoms with van der Waals surface area (Å²) in [4.78, 5) is 47.7. The normalized spacial score (nSPS) is 19.0. The molecule has 10 heteroatoms. The number of ether oxygens (including phenoxy) is 2. The molecule has 1 saturated heterocycles. The third-order valence-electron chi connectivity index (χ3n) is 3.20. The SMILES string of the molecule is COC(=O)N[C@H](C(=O)N1[I-]N(C(C)=O)C[C@H]1C(=O)OC)C(C)C. The van der Waals surface area contributed by atoms with Gasteiger partial charge >= 0.3 is 145 Å². The molecule has 0 aromatic heterocycles. The van der Waals surface area contributed by atoms with Crippen LogP contribution in [0.4, 0.5) is 4.79 Å². The third-order valence-corrected chi connectivity index (χ3v) is 6.40. The van der Waals surface area contributed by atoms with Crippen molar-refractivity contribution < 1.29 is 50.4 Å². The molecule has 0 unspecified atom stereocenters. The Morgan fingerprint density at radius 3 is 2.22 bits per heavy atom. The van der Waals surface area contributed by atoms with Crippen LogP contribution in [0.1, 0.15) is 20.8 Å². The van der Waals surface area contributed by atoms with Crippen LogP contribution in [0, 0.1) is 5.92 Å². The fraction of sp³-hybridized carbons (Fsp3) is 0.692. The van der Waals surface area contributed by atoms with Gasteiger partial charge in [0.15, 0.2) is 0 Å². The van der Waals surface area contributed by atoms with Crippen molar-refractivity contribution in [3.8, 4) is 0 Å². The minimum absolute atomic E-state index is 0.115. The zero-order chi connectivity index (χ0) is 17.7. The molecule has 1 aliphatic rings. The molecule has 132 valence electrons. The average Bonchev–Trinajstić information content (AvgIpc) is 2.95. The van der Waals surface area contributed by atoms with Crippen molar-refractivity contribution in [2.24, 2.45) is 5.92 Å². The quantitative estimate of drug-likeness (QED) is 0.276. The molecule has 0 spiro atoms. The van der Waals surface area contributed by atoms with Gasteiger partial charge in [0.1, 0.15) is 0 Å². The van der Waals surface area contributed by atoms with Crippen molar-refractivity contribution in [1.29, 1.82) is 0 Å². The molecule has 3 amide bonds. The van der Waals surface area contributed by atoms with E-state index < -0.39 is 51.8 Å². The van der Waals surface area contributed by atoms with Gasteiger partial charge < -0.3 is 0 Å². The van der Waals surface area contributed by atoms with E-state index in [0.717, 1.165) is 0 Å². The number of methoxy groups -OCH3 is 2. The van der Waals surface area contributed by atoms with E-state index in [-0.39, 0.29) is 18.4 Å². The van der Waals surface area contributed by atoms with E-state index in [1.54, 1.807) is 13.8 Å². The van der Waals surface area contributed by atoms with Crippen LogP contribution in [0.15, 0.2) is 0 Å². The summed E-state index contributed by atoms with van der Waals surface area (Å²) in [5.41, 5.74) is 0. The molecule has 1 rings (SSSR count). The molecule has 1 aliphatic heterocycles. The van der Waals surface area contributed by atoms with Crippen molar-refractivity contribution in [2.75, 3.05) is 20.8 Å². The van der Waals surface area contributed by atoms with Gasteiger partial charge in [-0.15, -0.1) is 0 Å².